The summed E-state index contributed by atoms with van der Waals surface area (Å²) in [7, 11) is 0. The summed E-state index contributed by atoms with van der Waals surface area (Å²) in [4.78, 5) is 26.9. The molecular weight excluding hydrogens is 344 g/mol. The van der Waals surface area contributed by atoms with Gasteiger partial charge < -0.3 is 15.0 Å². The number of nitrogens with one attached hydrogen (secondary N) is 1. The molecule has 2 fully saturated rings. The third kappa shape index (κ3) is 2.12. The molecule has 2 spiro atoms. The molecule has 4 aliphatic heterocycles. The van der Waals surface area contributed by atoms with Crippen molar-refractivity contribution >= 4 is 11.7 Å². The minimum Gasteiger partial charge on any atom is -0.370 e. The fourth-order valence-corrected chi connectivity index (χ4v) is 5.78. The van der Waals surface area contributed by atoms with Crippen LogP contribution in [-0.4, -0.2) is 47.9 Å². The molecule has 0 unspecified atom stereocenters. The van der Waals surface area contributed by atoms with Crippen LogP contribution in [0.15, 0.2) is 32.9 Å². The van der Waals surface area contributed by atoms with Gasteiger partial charge in [-0.25, -0.2) is 0 Å². The van der Waals surface area contributed by atoms with Gasteiger partial charge in [0.05, 0.1) is 31.2 Å². The number of hydrogen-bond acceptors (Lipinski definition) is 6. The molecule has 4 heterocycles. The molecule has 0 radical (unpaired) electrons. The SMILES string of the molecule is CC(=O)N1C[C@]2(C[C@]3(CO2)C2=C(N=NC2)NC2=C3C(=O)CC(C)(C)C2)[C@H]1C. The summed E-state index contributed by atoms with van der Waals surface area (Å²) < 4.78 is 6.39. The minimum absolute atomic E-state index is 0.0165. The number of Topliss-reactive ketones (excluding diaryl/α,β-unsaturated/α-hetero) is 1. The Morgan fingerprint density at radius 1 is 1.33 bits per heavy atom. The number of ether oxygens (including phenoxy) is 1. The molecule has 0 bridgehead atoms. The second-order valence-electron chi connectivity index (χ2n) is 9.58. The highest BCUT2D eigenvalue weighted by Crippen LogP contribution is 2.59. The zero-order valence-electron chi connectivity index (χ0n) is 16.4. The number of amides is 1. The van der Waals surface area contributed by atoms with Crippen molar-refractivity contribution in [2.75, 3.05) is 19.7 Å². The fraction of sp³-hybridized carbons (Fsp3) is 0.700. The Morgan fingerprint density at radius 2 is 2.11 bits per heavy atom. The quantitative estimate of drug-likeness (QED) is 0.709. The molecule has 0 aromatic heterocycles. The maximum Gasteiger partial charge on any atom is 0.219 e. The molecule has 1 aliphatic carbocycles. The van der Waals surface area contributed by atoms with Crippen LogP contribution in [0.5, 0.6) is 0 Å². The van der Waals surface area contributed by atoms with Gasteiger partial charge in [0.15, 0.2) is 11.6 Å². The number of hydrogen-bond donors (Lipinski definition) is 1. The molecule has 7 heteroatoms. The van der Waals surface area contributed by atoms with Crippen LogP contribution in [-0.2, 0) is 14.3 Å². The number of allylic oxidation sites excluding steroid dienone is 1. The van der Waals surface area contributed by atoms with Crippen molar-refractivity contribution in [2.24, 2.45) is 21.1 Å². The number of likely N-dealkylation sites (tertiary alicyclic amines) is 1. The topological polar surface area (TPSA) is 83.4 Å². The van der Waals surface area contributed by atoms with Gasteiger partial charge in [-0.05, 0) is 25.2 Å². The molecule has 5 rings (SSSR count). The summed E-state index contributed by atoms with van der Waals surface area (Å²) >= 11 is 0. The first-order valence-electron chi connectivity index (χ1n) is 9.74. The zero-order valence-corrected chi connectivity index (χ0v) is 16.4. The van der Waals surface area contributed by atoms with Gasteiger partial charge in [-0.1, -0.05) is 13.8 Å². The van der Waals surface area contributed by atoms with Gasteiger partial charge in [-0.15, -0.1) is 5.11 Å². The Hall–Kier alpha value is -2.02. The van der Waals surface area contributed by atoms with Gasteiger partial charge in [0.25, 0.3) is 0 Å². The van der Waals surface area contributed by atoms with E-state index in [0.29, 0.717) is 26.1 Å². The van der Waals surface area contributed by atoms with E-state index in [9.17, 15) is 9.59 Å². The number of carbonyl (C=O) groups excluding carboxylic acids is 2. The van der Waals surface area contributed by atoms with Crippen LogP contribution in [0.1, 0.15) is 47.0 Å². The van der Waals surface area contributed by atoms with E-state index in [1.807, 2.05) is 11.8 Å². The van der Waals surface area contributed by atoms with Crippen molar-refractivity contribution in [3.05, 3.63) is 22.7 Å². The number of ketones is 1. The van der Waals surface area contributed by atoms with Gasteiger partial charge in [-0.2, -0.15) is 5.11 Å². The molecule has 0 saturated carbocycles. The first-order chi connectivity index (χ1) is 12.7. The van der Waals surface area contributed by atoms with E-state index in [-0.39, 0.29) is 28.7 Å². The number of fused-ring (bicyclic) bond motifs is 2. The summed E-state index contributed by atoms with van der Waals surface area (Å²) in [6.07, 6.45) is 2.10. The molecule has 1 N–H and O–H groups in total. The Morgan fingerprint density at radius 3 is 2.81 bits per heavy atom. The molecule has 5 aliphatic rings. The second-order valence-corrected chi connectivity index (χ2v) is 9.58. The summed E-state index contributed by atoms with van der Waals surface area (Å²) in [5.74, 6) is 1.09. The molecule has 144 valence electrons. The monoisotopic (exact) mass is 370 g/mol. The first kappa shape index (κ1) is 17.1. The third-order valence-corrected chi connectivity index (χ3v) is 7.16. The lowest BCUT2D eigenvalue weighted by Crippen LogP contribution is -2.69. The first-order valence-corrected chi connectivity index (χ1v) is 9.74. The lowest BCUT2D eigenvalue weighted by atomic mass is 9.60. The number of azo groups is 1. The summed E-state index contributed by atoms with van der Waals surface area (Å²) in [5, 5.41) is 12.0. The van der Waals surface area contributed by atoms with E-state index in [4.69, 9.17) is 4.74 Å². The molecule has 27 heavy (non-hydrogen) atoms. The van der Waals surface area contributed by atoms with Gasteiger partial charge in [-0.3, -0.25) is 9.59 Å². The smallest absolute Gasteiger partial charge is 0.219 e. The van der Waals surface area contributed by atoms with E-state index in [2.05, 4.69) is 29.4 Å². The van der Waals surface area contributed by atoms with Gasteiger partial charge in [0, 0.05) is 30.2 Å². The number of carbonyl (C=O) groups is 2. The predicted molar refractivity (Wildman–Crippen MR) is 97.5 cm³/mol. The average Bonchev–Trinajstić information content (AvgIpc) is 3.18. The van der Waals surface area contributed by atoms with Gasteiger partial charge >= 0.3 is 0 Å². The van der Waals surface area contributed by atoms with E-state index in [1.54, 1.807) is 6.92 Å². The maximum absolute atomic E-state index is 13.3. The molecule has 1 amide bonds. The number of rotatable bonds is 0. The highest BCUT2D eigenvalue weighted by molar-refractivity contribution is 6.00. The largest absolute Gasteiger partial charge is 0.370 e. The normalized spacial score (nSPS) is 39.0. The summed E-state index contributed by atoms with van der Waals surface area (Å²) in [6.45, 7) is 9.49. The second kappa shape index (κ2) is 5.07. The Bertz CT molecular complexity index is 870. The molecular formula is C20H26N4O3. The zero-order chi connectivity index (χ0) is 19.2. The molecule has 7 nitrogen and oxygen atoms in total. The average molecular weight is 370 g/mol. The lowest BCUT2D eigenvalue weighted by Gasteiger charge is -2.54. The van der Waals surface area contributed by atoms with Crippen molar-refractivity contribution in [1.29, 1.82) is 0 Å². The van der Waals surface area contributed by atoms with E-state index in [0.717, 1.165) is 35.5 Å². The molecule has 0 aromatic carbocycles. The van der Waals surface area contributed by atoms with Crippen LogP contribution in [0, 0.1) is 10.8 Å². The molecule has 2 saturated heterocycles. The van der Waals surface area contributed by atoms with Crippen LogP contribution in [0.3, 0.4) is 0 Å². The van der Waals surface area contributed by atoms with Crippen LogP contribution in [0.2, 0.25) is 0 Å². The Labute approximate surface area is 158 Å². The predicted octanol–water partition coefficient (Wildman–Crippen LogP) is 2.31. The minimum atomic E-state index is -0.454. The molecule has 0 aromatic rings. The Kier molecular flexibility index (Phi) is 3.21. The summed E-state index contributed by atoms with van der Waals surface area (Å²) in [5.41, 5.74) is 2.06. The van der Waals surface area contributed by atoms with Crippen molar-refractivity contribution in [2.45, 2.75) is 58.6 Å². The van der Waals surface area contributed by atoms with E-state index in [1.165, 1.54) is 0 Å². The van der Waals surface area contributed by atoms with Crippen LogP contribution in [0.4, 0.5) is 0 Å². The molecule has 3 atom stereocenters. The standard InChI is InChI=1S/C20H26N4O3/c1-11-20(9-24(11)12(2)25)8-19(10-27-20)13-7-21-23-17(13)22-14-5-18(3,4)6-15(26)16(14)19/h11,22H,5-10H2,1-4H3/t11-,19+,20-/m1/s1. The van der Waals surface area contributed by atoms with Gasteiger partial charge in [0.1, 0.15) is 5.60 Å². The van der Waals surface area contributed by atoms with Gasteiger partial charge in [0.2, 0.25) is 5.91 Å². The van der Waals surface area contributed by atoms with Crippen molar-refractivity contribution in [1.82, 2.24) is 10.2 Å². The number of dihydropyridines is 1. The van der Waals surface area contributed by atoms with Crippen LogP contribution >= 0.6 is 0 Å². The van der Waals surface area contributed by atoms with Crippen molar-refractivity contribution in [3.8, 4) is 0 Å². The van der Waals surface area contributed by atoms with Crippen molar-refractivity contribution in [3.63, 3.8) is 0 Å². The van der Waals surface area contributed by atoms with E-state index < -0.39 is 5.41 Å². The number of nitrogens with zero attached hydrogens (tertiary/aromatic N) is 3. The summed E-state index contributed by atoms with van der Waals surface area (Å²) in [6, 6.07) is 0.0165. The van der Waals surface area contributed by atoms with Crippen molar-refractivity contribution < 1.29 is 14.3 Å². The van der Waals surface area contributed by atoms with E-state index >= 15 is 0 Å². The maximum atomic E-state index is 13.3. The lowest BCUT2D eigenvalue weighted by molar-refractivity contribution is -0.174. The fourth-order valence-electron chi connectivity index (χ4n) is 5.78. The Balaban J connectivity index is 1.58. The van der Waals surface area contributed by atoms with Crippen LogP contribution < -0.4 is 5.32 Å². The highest BCUT2D eigenvalue weighted by Gasteiger charge is 2.65. The third-order valence-electron chi connectivity index (χ3n) is 7.16. The highest BCUT2D eigenvalue weighted by atomic mass is 16.5. The van der Waals surface area contributed by atoms with Crippen LogP contribution in [0.25, 0.3) is 0 Å².